The van der Waals surface area contributed by atoms with E-state index in [1.165, 1.54) is 11.3 Å². The van der Waals surface area contributed by atoms with Crippen molar-refractivity contribution in [2.75, 3.05) is 26.3 Å². The molecule has 1 atom stereocenters. The van der Waals surface area contributed by atoms with Crippen LogP contribution in [0.15, 0.2) is 17.5 Å². The van der Waals surface area contributed by atoms with Crippen molar-refractivity contribution in [1.82, 2.24) is 4.90 Å². The normalized spacial score (nSPS) is 20.9. The summed E-state index contributed by atoms with van der Waals surface area (Å²) in [5.74, 6) is 0. The van der Waals surface area contributed by atoms with Crippen LogP contribution < -0.4 is 0 Å². The molecule has 1 aliphatic heterocycles. The average molecular weight is 211 g/mol. The lowest BCUT2D eigenvalue weighted by Gasteiger charge is -2.33. The fraction of sp³-hybridized carbons (Fsp3) is 0.636. The molecule has 1 saturated heterocycles. The minimum Gasteiger partial charge on any atom is -0.379 e. The van der Waals surface area contributed by atoms with Crippen molar-refractivity contribution in [3.8, 4) is 0 Å². The summed E-state index contributed by atoms with van der Waals surface area (Å²) in [5.41, 5.74) is 0. The summed E-state index contributed by atoms with van der Waals surface area (Å²) in [6.07, 6.45) is 1.19. The molecule has 1 unspecified atom stereocenters. The van der Waals surface area contributed by atoms with Gasteiger partial charge in [-0.25, -0.2) is 0 Å². The molecule has 0 bridgehead atoms. The van der Waals surface area contributed by atoms with E-state index in [-0.39, 0.29) is 0 Å². The summed E-state index contributed by atoms with van der Waals surface area (Å²) >= 11 is 1.87. The number of hydrogen-bond acceptors (Lipinski definition) is 3. The highest BCUT2D eigenvalue weighted by Gasteiger charge is 2.21. The van der Waals surface area contributed by atoms with Gasteiger partial charge in [-0.15, -0.1) is 11.3 Å². The van der Waals surface area contributed by atoms with Crippen LogP contribution in [0.25, 0.3) is 0 Å². The summed E-state index contributed by atoms with van der Waals surface area (Å²) < 4.78 is 5.37. The molecule has 2 rings (SSSR count). The van der Waals surface area contributed by atoms with Crippen molar-refractivity contribution >= 4 is 11.3 Å². The van der Waals surface area contributed by atoms with Gasteiger partial charge in [-0.3, -0.25) is 4.90 Å². The molecule has 2 nitrogen and oxygen atoms in total. The lowest BCUT2D eigenvalue weighted by molar-refractivity contribution is 0.0160. The van der Waals surface area contributed by atoms with Gasteiger partial charge in [-0.2, -0.15) is 0 Å². The minimum atomic E-state index is 0.610. The second-order valence-electron chi connectivity index (χ2n) is 3.59. The van der Waals surface area contributed by atoms with Crippen LogP contribution in [0.4, 0.5) is 0 Å². The fourth-order valence-electron chi connectivity index (χ4n) is 2.01. The van der Waals surface area contributed by atoms with E-state index in [0.717, 1.165) is 26.3 Å². The van der Waals surface area contributed by atoms with Crippen LogP contribution in [0.1, 0.15) is 24.3 Å². The Morgan fingerprint density at radius 2 is 2.29 bits per heavy atom. The molecule has 2 heterocycles. The molecule has 0 N–H and O–H groups in total. The highest BCUT2D eigenvalue weighted by Crippen LogP contribution is 2.28. The third kappa shape index (κ3) is 2.16. The van der Waals surface area contributed by atoms with Crippen molar-refractivity contribution in [3.05, 3.63) is 22.4 Å². The quantitative estimate of drug-likeness (QED) is 0.762. The Hall–Kier alpha value is -0.380. The largest absolute Gasteiger partial charge is 0.379 e. The lowest BCUT2D eigenvalue weighted by Crippen LogP contribution is -2.38. The van der Waals surface area contributed by atoms with E-state index >= 15 is 0 Å². The first-order chi connectivity index (χ1) is 6.92. The second kappa shape index (κ2) is 4.91. The van der Waals surface area contributed by atoms with E-state index in [1.54, 1.807) is 0 Å². The van der Waals surface area contributed by atoms with E-state index in [2.05, 4.69) is 29.3 Å². The number of morpholine rings is 1. The Kier molecular flexibility index (Phi) is 3.56. The Morgan fingerprint density at radius 1 is 1.50 bits per heavy atom. The zero-order valence-electron chi connectivity index (χ0n) is 8.61. The zero-order valence-corrected chi connectivity index (χ0v) is 9.43. The van der Waals surface area contributed by atoms with Crippen LogP contribution in [0.2, 0.25) is 0 Å². The monoisotopic (exact) mass is 211 g/mol. The molecule has 0 saturated carbocycles. The van der Waals surface area contributed by atoms with Gasteiger partial charge >= 0.3 is 0 Å². The van der Waals surface area contributed by atoms with Crippen LogP contribution in [0.5, 0.6) is 0 Å². The Labute approximate surface area is 89.5 Å². The van der Waals surface area contributed by atoms with Crippen LogP contribution >= 0.6 is 11.3 Å². The number of thiophene rings is 1. The molecule has 14 heavy (non-hydrogen) atoms. The molecule has 0 spiro atoms. The molecule has 0 amide bonds. The van der Waals surface area contributed by atoms with Gasteiger partial charge in [0.1, 0.15) is 0 Å². The van der Waals surface area contributed by atoms with Crippen LogP contribution in [0, 0.1) is 0 Å². The third-order valence-electron chi connectivity index (χ3n) is 2.74. The molecular weight excluding hydrogens is 194 g/mol. The first-order valence-electron chi connectivity index (χ1n) is 5.27. The highest BCUT2D eigenvalue weighted by molar-refractivity contribution is 7.10. The van der Waals surface area contributed by atoms with Gasteiger partial charge < -0.3 is 4.74 Å². The van der Waals surface area contributed by atoms with E-state index in [4.69, 9.17) is 4.74 Å². The molecule has 1 aromatic rings. The van der Waals surface area contributed by atoms with Crippen LogP contribution in [-0.4, -0.2) is 31.2 Å². The highest BCUT2D eigenvalue weighted by atomic mass is 32.1. The minimum absolute atomic E-state index is 0.610. The third-order valence-corrected chi connectivity index (χ3v) is 3.72. The Morgan fingerprint density at radius 3 is 2.86 bits per heavy atom. The Balaban J connectivity index is 2.04. The van der Waals surface area contributed by atoms with Crippen molar-refractivity contribution in [2.24, 2.45) is 0 Å². The van der Waals surface area contributed by atoms with E-state index in [9.17, 15) is 0 Å². The van der Waals surface area contributed by atoms with Gasteiger partial charge in [-0.1, -0.05) is 13.0 Å². The molecule has 3 heteroatoms. The van der Waals surface area contributed by atoms with E-state index in [0.29, 0.717) is 6.04 Å². The molecular formula is C11H17NOS. The topological polar surface area (TPSA) is 12.5 Å². The number of nitrogens with zero attached hydrogens (tertiary/aromatic N) is 1. The summed E-state index contributed by atoms with van der Waals surface area (Å²) in [7, 11) is 0. The van der Waals surface area contributed by atoms with Gasteiger partial charge in [0.05, 0.1) is 13.2 Å². The van der Waals surface area contributed by atoms with Crippen LogP contribution in [0.3, 0.4) is 0 Å². The number of hydrogen-bond donors (Lipinski definition) is 0. The summed E-state index contributed by atoms with van der Waals surface area (Å²) in [4.78, 5) is 4.03. The predicted octanol–water partition coefficient (Wildman–Crippen LogP) is 2.53. The maximum Gasteiger partial charge on any atom is 0.0594 e. The van der Waals surface area contributed by atoms with Gasteiger partial charge in [-0.05, 0) is 17.9 Å². The second-order valence-corrected chi connectivity index (χ2v) is 4.57. The van der Waals surface area contributed by atoms with Crippen molar-refractivity contribution in [1.29, 1.82) is 0 Å². The van der Waals surface area contributed by atoms with Gasteiger partial charge in [0, 0.05) is 24.0 Å². The average Bonchev–Trinajstić information content (AvgIpc) is 2.74. The predicted molar refractivity (Wildman–Crippen MR) is 59.7 cm³/mol. The van der Waals surface area contributed by atoms with Crippen LogP contribution in [-0.2, 0) is 4.74 Å². The number of ether oxygens (including phenoxy) is 1. The SMILES string of the molecule is CCC(c1cccs1)N1CCOCC1. The van der Waals surface area contributed by atoms with Gasteiger partial charge in [0.15, 0.2) is 0 Å². The Bertz CT molecular complexity index is 254. The number of rotatable bonds is 3. The summed E-state index contributed by atoms with van der Waals surface area (Å²) in [6.45, 7) is 6.20. The summed E-state index contributed by atoms with van der Waals surface area (Å²) in [6, 6.07) is 5.00. The molecule has 0 radical (unpaired) electrons. The van der Waals surface area contributed by atoms with Gasteiger partial charge in [0.2, 0.25) is 0 Å². The maximum absolute atomic E-state index is 5.37. The first-order valence-corrected chi connectivity index (χ1v) is 6.15. The molecule has 1 aromatic heterocycles. The molecule has 78 valence electrons. The van der Waals surface area contributed by atoms with Crippen molar-refractivity contribution in [3.63, 3.8) is 0 Å². The van der Waals surface area contributed by atoms with Crippen molar-refractivity contribution in [2.45, 2.75) is 19.4 Å². The lowest BCUT2D eigenvalue weighted by atomic mass is 10.1. The fourth-order valence-corrected chi connectivity index (χ4v) is 2.95. The zero-order chi connectivity index (χ0) is 9.80. The summed E-state index contributed by atoms with van der Waals surface area (Å²) in [5, 5.41) is 2.17. The smallest absolute Gasteiger partial charge is 0.0594 e. The van der Waals surface area contributed by atoms with Crippen molar-refractivity contribution < 1.29 is 4.74 Å². The van der Waals surface area contributed by atoms with E-state index in [1.807, 2.05) is 11.3 Å². The molecule has 1 aliphatic rings. The molecule has 0 aromatic carbocycles. The van der Waals surface area contributed by atoms with Gasteiger partial charge in [0.25, 0.3) is 0 Å². The maximum atomic E-state index is 5.37. The first kappa shape index (κ1) is 10.1. The molecule has 1 fully saturated rings. The molecule has 0 aliphatic carbocycles. The standard InChI is InChI=1S/C11H17NOS/c1-2-10(11-4-3-9-14-11)12-5-7-13-8-6-12/h3-4,9-10H,2,5-8H2,1H3. The van der Waals surface area contributed by atoms with E-state index < -0.39 is 0 Å².